The van der Waals surface area contributed by atoms with E-state index in [1.54, 1.807) is 4.90 Å². The number of likely N-dealkylation sites (N-methyl/N-ethyl adjacent to an activating group) is 1. The van der Waals surface area contributed by atoms with Crippen LogP contribution in [0.1, 0.15) is 18.4 Å². The molecule has 2 N–H and O–H groups in total. The number of hydrogen-bond donors (Lipinski definition) is 1. The Labute approximate surface area is 120 Å². The summed E-state index contributed by atoms with van der Waals surface area (Å²) >= 11 is 0. The molecule has 1 fully saturated rings. The predicted molar refractivity (Wildman–Crippen MR) is 79.3 cm³/mol. The molecule has 0 bridgehead atoms. The van der Waals surface area contributed by atoms with Gasteiger partial charge in [0.05, 0.1) is 12.6 Å². The summed E-state index contributed by atoms with van der Waals surface area (Å²) in [4.78, 5) is 14.0. The molecular weight excluding hydrogens is 252 g/mol. The summed E-state index contributed by atoms with van der Waals surface area (Å²) in [5.41, 5.74) is 7.13. The van der Waals surface area contributed by atoms with Crippen molar-refractivity contribution in [2.45, 2.75) is 25.3 Å². The maximum atomic E-state index is 12.3. The van der Waals surface area contributed by atoms with Gasteiger partial charge in [-0.1, -0.05) is 30.3 Å². The van der Waals surface area contributed by atoms with Crippen molar-refractivity contribution in [3.63, 3.8) is 0 Å². The third kappa shape index (κ3) is 4.32. The van der Waals surface area contributed by atoms with Crippen molar-refractivity contribution in [1.29, 1.82) is 0 Å². The molecule has 0 aromatic heterocycles. The summed E-state index contributed by atoms with van der Waals surface area (Å²) in [6.07, 6.45) is 2.81. The van der Waals surface area contributed by atoms with Gasteiger partial charge in [-0.15, -0.1) is 0 Å². The van der Waals surface area contributed by atoms with Crippen LogP contribution in [0.25, 0.3) is 0 Å². The lowest BCUT2D eigenvalue weighted by Crippen LogP contribution is -2.45. The van der Waals surface area contributed by atoms with Gasteiger partial charge in [-0.3, -0.25) is 4.79 Å². The van der Waals surface area contributed by atoms with E-state index in [2.05, 4.69) is 0 Å². The van der Waals surface area contributed by atoms with E-state index in [0.29, 0.717) is 12.3 Å². The lowest BCUT2D eigenvalue weighted by atomic mass is 10.0. The first-order valence-corrected chi connectivity index (χ1v) is 7.29. The Kier molecular flexibility index (Phi) is 5.56. The largest absolute Gasteiger partial charge is 0.381 e. The van der Waals surface area contributed by atoms with Gasteiger partial charge in [0.15, 0.2) is 0 Å². The topological polar surface area (TPSA) is 55.6 Å². The molecule has 0 saturated carbocycles. The van der Waals surface area contributed by atoms with Crippen molar-refractivity contribution in [3.8, 4) is 0 Å². The van der Waals surface area contributed by atoms with Crippen LogP contribution in [0.3, 0.4) is 0 Å². The van der Waals surface area contributed by atoms with Gasteiger partial charge in [0.1, 0.15) is 0 Å². The number of amides is 1. The summed E-state index contributed by atoms with van der Waals surface area (Å²) < 4.78 is 5.45. The third-order valence-corrected chi connectivity index (χ3v) is 3.78. The molecule has 2 rings (SSSR count). The minimum atomic E-state index is -0.466. The number of nitrogens with two attached hydrogens (primary N) is 1. The molecule has 4 heteroatoms. The van der Waals surface area contributed by atoms with Crippen LogP contribution in [0.5, 0.6) is 0 Å². The first-order chi connectivity index (χ1) is 9.66. The number of carbonyl (C=O) groups is 1. The highest BCUT2D eigenvalue weighted by Gasteiger charge is 2.22. The Morgan fingerprint density at radius 2 is 2.20 bits per heavy atom. The summed E-state index contributed by atoms with van der Waals surface area (Å²) in [7, 11) is 1.84. The Morgan fingerprint density at radius 1 is 1.45 bits per heavy atom. The van der Waals surface area contributed by atoms with Crippen LogP contribution in [0.15, 0.2) is 30.3 Å². The minimum absolute atomic E-state index is 0.0134. The van der Waals surface area contributed by atoms with Crippen LogP contribution >= 0.6 is 0 Å². The number of rotatable bonds is 5. The monoisotopic (exact) mass is 276 g/mol. The number of ether oxygens (including phenoxy) is 1. The molecule has 110 valence electrons. The zero-order chi connectivity index (χ0) is 14.4. The number of benzene rings is 1. The molecule has 1 aliphatic rings. The van der Waals surface area contributed by atoms with Gasteiger partial charge in [-0.2, -0.15) is 0 Å². The maximum absolute atomic E-state index is 12.3. The van der Waals surface area contributed by atoms with Gasteiger partial charge in [0.25, 0.3) is 0 Å². The number of nitrogens with zero attached hydrogens (tertiary/aromatic N) is 1. The molecule has 1 aromatic carbocycles. The number of hydrogen-bond acceptors (Lipinski definition) is 3. The second kappa shape index (κ2) is 7.41. The Hall–Kier alpha value is -1.39. The van der Waals surface area contributed by atoms with Gasteiger partial charge in [-0.05, 0) is 30.7 Å². The van der Waals surface area contributed by atoms with Gasteiger partial charge >= 0.3 is 0 Å². The average molecular weight is 276 g/mol. The van der Waals surface area contributed by atoms with Crippen LogP contribution in [-0.2, 0) is 16.0 Å². The zero-order valence-corrected chi connectivity index (χ0v) is 12.1. The molecule has 0 aliphatic carbocycles. The molecular formula is C16H24N2O2. The predicted octanol–water partition coefficient (Wildman–Crippen LogP) is 1.44. The van der Waals surface area contributed by atoms with Crippen LogP contribution in [0.2, 0.25) is 0 Å². The van der Waals surface area contributed by atoms with E-state index in [1.165, 1.54) is 0 Å². The summed E-state index contributed by atoms with van der Waals surface area (Å²) in [6, 6.07) is 9.44. The maximum Gasteiger partial charge on any atom is 0.239 e. The molecule has 1 aliphatic heterocycles. The van der Waals surface area contributed by atoms with E-state index in [1.807, 2.05) is 37.4 Å². The third-order valence-electron chi connectivity index (χ3n) is 3.78. The van der Waals surface area contributed by atoms with Crippen molar-refractivity contribution in [1.82, 2.24) is 4.90 Å². The van der Waals surface area contributed by atoms with E-state index in [4.69, 9.17) is 10.5 Å². The fourth-order valence-electron chi connectivity index (χ4n) is 2.67. The van der Waals surface area contributed by atoms with E-state index in [0.717, 1.165) is 38.2 Å². The summed E-state index contributed by atoms with van der Waals surface area (Å²) in [5.74, 6) is 0.459. The lowest BCUT2D eigenvalue weighted by molar-refractivity contribution is -0.132. The SMILES string of the molecule is CN(CC1CCCOC1)C(=O)[C@H](N)Cc1ccccc1. The van der Waals surface area contributed by atoms with Crippen molar-refractivity contribution in [2.75, 3.05) is 26.8 Å². The van der Waals surface area contributed by atoms with Crippen LogP contribution in [0, 0.1) is 5.92 Å². The molecule has 0 radical (unpaired) electrons. The zero-order valence-electron chi connectivity index (χ0n) is 12.1. The van der Waals surface area contributed by atoms with Crippen molar-refractivity contribution >= 4 is 5.91 Å². The number of carbonyl (C=O) groups excluding carboxylic acids is 1. The molecule has 1 saturated heterocycles. The fraction of sp³-hybridized carbons (Fsp3) is 0.562. The molecule has 1 aromatic rings. The van der Waals surface area contributed by atoms with Gasteiger partial charge in [0.2, 0.25) is 5.91 Å². The minimum Gasteiger partial charge on any atom is -0.381 e. The van der Waals surface area contributed by atoms with Crippen molar-refractivity contribution < 1.29 is 9.53 Å². The van der Waals surface area contributed by atoms with Crippen molar-refractivity contribution in [3.05, 3.63) is 35.9 Å². The quantitative estimate of drug-likeness (QED) is 0.885. The molecule has 0 spiro atoms. The average Bonchev–Trinajstić information content (AvgIpc) is 2.48. The van der Waals surface area contributed by atoms with E-state index in [9.17, 15) is 4.79 Å². The molecule has 1 amide bonds. The van der Waals surface area contributed by atoms with E-state index >= 15 is 0 Å². The van der Waals surface area contributed by atoms with E-state index in [-0.39, 0.29) is 5.91 Å². The van der Waals surface area contributed by atoms with Gasteiger partial charge < -0.3 is 15.4 Å². The second-order valence-corrected chi connectivity index (χ2v) is 5.60. The lowest BCUT2D eigenvalue weighted by Gasteiger charge is -2.28. The molecule has 4 nitrogen and oxygen atoms in total. The van der Waals surface area contributed by atoms with Crippen LogP contribution in [0.4, 0.5) is 0 Å². The first kappa shape index (κ1) is 15.0. The molecule has 1 heterocycles. The Bertz CT molecular complexity index is 416. The standard InChI is InChI=1S/C16H24N2O2/c1-18(11-14-8-5-9-20-12-14)16(19)15(17)10-13-6-3-2-4-7-13/h2-4,6-7,14-15H,5,8-12,17H2,1H3/t14?,15-/m1/s1. The van der Waals surface area contributed by atoms with E-state index < -0.39 is 6.04 Å². The van der Waals surface area contributed by atoms with Crippen LogP contribution < -0.4 is 5.73 Å². The Morgan fingerprint density at radius 3 is 2.85 bits per heavy atom. The summed E-state index contributed by atoms with van der Waals surface area (Å²) in [6.45, 7) is 2.34. The van der Waals surface area contributed by atoms with Crippen LogP contribution in [-0.4, -0.2) is 43.7 Å². The highest BCUT2D eigenvalue weighted by Crippen LogP contribution is 2.15. The normalized spacial score (nSPS) is 20.4. The fourth-order valence-corrected chi connectivity index (χ4v) is 2.67. The highest BCUT2D eigenvalue weighted by molar-refractivity contribution is 5.81. The molecule has 1 unspecified atom stereocenters. The summed E-state index contributed by atoms with van der Waals surface area (Å²) in [5, 5.41) is 0. The Balaban J connectivity index is 1.82. The van der Waals surface area contributed by atoms with Crippen molar-refractivity contribution in [2.24, 2.45) is 11.7 Å². The first-order valence-electron chi connectivity index (χ1n) is 7.29. The molecule has 2 atom stereocenters. The smallest absolute Gasteiger partial charge is 0.239 e. The van der Waals surface area contributed by atoms with Gasteiger partial charge in [-0.25, -0.2) is 0 Å². The molecule has 20 heavy (non-hydrogen) atoms. The van der Waals surface area contributed by atoms with Gasteiger partial charge in [0, 0.05) is 20.2 Å². The highest BCUT2D eigenvalue weighted by atomic mass is 16.5. The second-order valence-electron chi connectivity index (χ2n) is 5.60.